The van der Waals surface area contributed by atoms with Crippen molar-refractivity contribution in [1.29, 1.82) is 0 Å². The number of rotatable bonds is 6. The highest BCUT2D eigenvalue weighted by atomic mass is 35.5. The molecule has 0 saturated heterocycles. The minimum Gasteiger partial charge on any atom is -0.368 e. The van der Waals surface area contributed by atoms with Crippen molar-refractivity contribution in [3.05, 3.63) is 70.3 Å². The second-order valence-corrected chi connectivity index (χ2v) is 6.98. The van der Waals surface area contributed by atoms with Gasteiger partial charge in [0.05, 0.1) is 11.4 Å². The summed E-state index contributed by atoms with van der Waals surface area (Å²) in [6, 6.07) is 7.79. The Labute approximate surface area is 170 Å². The van der Waals surface area contributed by atoms with Crippen LogP contribution in [0.25, 0.3) is 0 Å². The van der Waals surface area contributed by atoms with Gasteiger partial charge in [-0.25, -0.2) is 15.4 Å². The summed E-state index contributed by atoms with van der Waals surface area (Å²) in [6.07, 6.45) is 10.6. The largest absolute Gasteiger partial charge is 0.368 e. The summed E-state index contributed by atoms with van der Waals surface area (Å²) in [6.45, 7) is 3.63. The maximum absolute atomic E-state index is 6.35. The zero-order valence-electron chi connectivity index (χ0n) is 15.3. The van der Waals surface area contributed by atoms with Gasteiger partial charge in [0.25, 0.3) is 0 Å². The molecule has 1 aliphatic rings. The van der Waals surface area contributed by atoms with E-state index in [9.17, 15) is 0 Å². The Balaban J connectivity index is 1.68. The minimum absolute atomic E-state index is 0.603. The van der Waals surface area contributed by atoms with E-state index < -0.39 is 0 Å². The van der Waals surface area contributed by atoms with Crippen molar-refractivity contribution < 1.29 is 0 Å². The molecule has 1 aromatic heterocycles. The van der Waals surface area contributed by atoms with Gasteiger partial charge in [0.2, 0.25) is 0 Å². The zero-order valence-corrected chi connectivity index (χ0v) is 16.8. The average molecular weight is 404 g/mol. The van der Waals surface area contributed by atoms with E-state index in [1.54, 1.807) is 6.33 Å². The Kier molecular flexibility index (Phi) is 7.10. The van der Waals surface area contributed by atoms with Gasteiger partial charge in [-0.15, -0.1) is 0 Å². The molecule has 1 aromatic carbocycles. The molecule has 2 heterocycles. The van der Waals surface area contributed by atoms with Crippen molar-refractivity contribution in [3.63, 3.8) is 0 Å². The second-order valence-electron chi connectivity index (χ2n) is 6.16. The summed E-state index contributed by atoms with van der Waals surface area (Å²) >= 11 is 12.4. The van der Waals surface area contributed by atoms with Gasteiger partial charge < -0.3 is 5.32 Å². The lowest BCUT2D eigenvalue weighted by molar-refractivity contribution is 0.694. The number of aryl methyl sites for hydroxylation is 1. The fourth-order valence-corrected chi connectivity index (χ4v) is 3.20. The van der Waals surface area contributed by atoms with Crippen LogP contribution in [0.3, 0.4) is 0 Å². The Bertz CT molecular complexity index is 818. The molecule has 0 aliphatic carbocycles. The molecule has 2 N–H and O–H groups in total. The molecule has 0 fully saturated rings. The summed E-state index contributed by atoms with van der Waals surface area (Å²) in [7, 11) is 0. The number of allylic oxidation sites excluding steroid dienone is 1. The van der Waals surface area contributed by atoms with Crippen LogP contribution in [0, 0.1) is 0 Å². The molecular formula is C20H23Cl2N5. The van der Waals surface area contributed by atoms with Gasteiger partial charge in [0, 0.05) is 24.3 Å². The number of hydrogen-bond acceptors (Lipinski definition) is 5. The standard InChI is InChI=1S/C20H23Cl2N5/c1-2-18-19(22)20(25-14-24-18)23-12-10-15-5-3-4-11-26-27(13-15)17-8-6-16(21)7-9-17/h3,5-9,13-14,26H,2,4,10-12H2,1H3,(H,23,24,25)/b5-3+,15-13+. The summed E-state index contributed by atoms with van der Waals surface area (Å²) in [4.78, 5) is 8.44. The topological polar surface area (TPSA) is 53.1 Å². The van der Waals surface area contributed by atoms with Crippen LogP contribution in [0.4, 0.5) is 11.5 Å². The Morgan fingerprint density at radius 1 is 1.19 bits per heavy atom. The summed E-state index contributed by atoms with van der Waals surface area (Å²) < 4.78 is 0. The molecule has 2 aromatic rings. The fraction of sp³-hybridized carbons (Fsp3) is 0.300. The molecule has 142 valence electrons. The van der Waals surface area contributed by atoms with Gasteiger partial charge in [-0.3, -0.25) is 5.01 Å². The number of benzene rings is 1. The van der Waals surface area contributed by atoms with E-state index >= 15 is 0 Å². The predicted octanol–water partition coefficient (Wildman–Crippen LogP) is 5.00. The first-order valence-electron chi connectivity index (χ1n) is 9.06. The van der Waals surface area contributed by atoms with Gasteiger partial charge in [-0.05, 0) is 49.1 Å². The predicted molar refractivity (Wildman–Crippen MR) is 113 cm³/mol. The zero-order chi connectivity index (χ0) is 19.1. The third kappa shape index (κ3) is 5.45. The Morgan fingerprint density at radius 3 is 2.78 bits per heavy atom. The van der Waals surface area contributed by atoms with Gasteiger partial charge in [-0.2, -0.15) is 0 Å². The van der Waals surface area contributed by atoms with Crippen molar-refractivity contribution in [2.24, 2.45) is 0 Å². The van der Waals surface area contributed by atoms with E-state index in [4.69, 9.17) is 23.2 Å². The van der Waals surface area contributed by atoms with Crippen molar-refractivity contribution in [3.8, 4) is 0 Å². The smallest absolute Gasteiger partial charge is 0.148 e. The molecule has 0 bridgehead atoms. The molecule has 0 radical (unpaired) electrons. The number of hydrazine groups is 1. The number of nitrogens with zero attached hydrogens (tertiary/aromatic N) is 3. The molecule has 0 spiro atoms. The van der Waals surface area contributed by atoms with Gasteiger partial charge >= 0.3 is 0 Å². The number of aromatic nitrogens is 2. The number of anilines is 2. The first-order chi connectivity index (χ1) is 13.2. The lowest BCUT2D eigenvalue weighted by Crippen LogP contribution is -2.35. The molecule has 27 heavy (non-hydrogen) atoms. The van der Waals surface area contributed by atoms with E-state index in [2.05, 4.69) is 39.1 Å². The summed E-state index contributed by atoms with van der Waals surface area (Å²) in [5, 5.41) is 6.69. The molecule has 0 saturated carbocycles. The highest BCUT2D eigenvalue weighted by molar-refractivity contribution is 6.33. The monoisotopic (exact) mass is 403 g/mol. The van der Waals surface area contributed by atoms with Gasteiger partial charge in [0.15, 0.2) is 0 Å². The van der Waals surface area contributed by atoms with Crippen LogP contribution in [-0.2, 0) is 6.42 Å². The van der Waals surface area contributed by atoms with Crippen molar-refractivity contribution in [2.45, 2.75) is 26.2 Å². The number of halogens is 2. The molecule has 3 rings (SSSR count). The van der Waals surface area contributed by atoms with Gasteiger partial charge in [0.1, 0.15) is 17.2 Å². The molecule has 0 unspecified atom stereocenters. The summed E-state index contributed by atoms with van der Waals surface area (Å²) in [5.74, 6) is 0.687. The highest BCUT2D eigenvalue weighted by Crippen LogP contribution is 2.23. The van der Waals surface area contributed by atoms with Crippen molar-refractivity contribution in [2.75, 3.05) is 23.4 Å². The minimum atomic E-state index is 0.603. The molecular weight excluding hydrogens is 381 g/mol. The molecule has 1 aliphatic heterocycles. The maximum atomic E-state index is 6.35. The summed E-state index contributed by atoms with van der Waals surface area (Å²) in [5.41, 5.74) is 6.53. The number of nitrogens with one attached hydrogen (secondary N) is 2. The number of hydrogen-bond donors (Lipinski definition) is 2. The third-order valence-electron chi connectivity index (χ3n) is 4.23. The van der Waals surface area contributed by atoms with E-state index in [-0.39, 0.29) is 0 Å². The normalized spacial score (nSPS) is 17.6. The third-order valence-corrected chi connectivity index (χ3v) is 4.88. The molecule has 0 atom stereocenters. The van der Waals surface area contributed by atoms with Crippen LogP contribution in [0.2, 0.25) is 10.0 Å². The lowest BCUT2D eigenvalue weighted by atomic mass is 10.1. The van der Waals surface area contributed by atoms with Crippen LogP contribution in [-0.4, -0.2) is 23.1 Å². The second kappa shape index (κ2) is 9.74. The molecule has 7 heteroatoms. The van der Waals surface area contributed by atoms with Gasteiger partial charge in [-0.1, -0.05) is 42.3 Å². The first-order valence-corrected chi connectivity index (χ1v) is 9.81. The van der Waals surface area contributed by atoms with Crippen LogP contribution in [0.1, 0.15) is 25.5 Å². The van der Waals surface area contributed by atoms with Crippen molar-refractivity contribution in [1.82, 2.24) is 15.4 Å². The first kappa shape index (κ1) is 19.7. The van der Waals surface area contributed by atoms with E-state index in [0.717, 1.165) is 48.8 Å². The SMILES string of the molecule is CCc1ncnc(NCCC2=C/N(c3ccc(Cl)cc3)NCC\C=C\2)c1Cl. The quantitative estimate of drug-likeness (QED) is 0.710. The lowest BCUT2D eigenvalue weighted by Gasteiger charge is -2.24. The van der Waals surface area contributed by atoms with E-state index in [1.807, 2.05) is 36.2 Å². The van der Waals surface area contributed by atoms with Crippen molar-refractivity contribution >= 4 is 34.7 Å². The average Bonchev–Trinajstić information content (AvgIpc) is 2.65. The van der Waals surface area contributed by atoms with Crippen LogP contribution in [0.15, 0.2) is 54.5 Å². The molecule has 5 nitrogen and oxygen atoms in total. The van der Waals surface area contributed by atoms with Crippen LogP contribution >= 0.6 is 23.2 Å². The van der Waals surface area contributed by atoms with Crippen LogP contribution in [0.5, 0.6) is 0 Å². The highest BCUT2D eigenvalue weighted by Gasteiger charge is 2.09. The van der Waals surface area contributed by atoms with E-state index in [1.165, 1.54) is 5.57 Å². The Morgan fingerprint density at radius 2 is 2.00 bits per heavy atom. The maximum Gasteiger partial charge on any atom is 0.148 e. The molecule has 0 amide bonds. The van der Waals surface area contributed by atoms with E-state index in [0.29, 0.717) is 10.8 Å². The Hall–Kier alpha value is -2.08. The fourth-order valence-electron chi connectivity index (χ4n) is 2.77. The van der Waals surface area contributed by atoms with Crippen LogP contribution < -0.4 is 15.8 Å².